The Hall–Kier alpha value is -3.78. The normalized spacial score (nSPS) is 19.9. The van der Waals surface area contributed by atoms with Crippen molar-refractivity contribution in [3.8, 4) is 5.75 Å². The molecule has 51 heavy (non-hydrogen) atoms. The van der Waals surface area contributed by atoms with E-state index < -0.39 is 29.9 Å². The van der Waals surface area contributed by atoms with Gasteiger partial charge in [-0.05, 0) is 81.3 Å². The Bertz CT molecular complexity index is 1690. The van der Waals surface area contributed by atoms with Gasteiger partial charge in [-0.3, -0.25) is 19.2 Å². The smallest absolute Gasteiger partial charge is 0.243 e. The number of nitrogens with one attached hydrogen (secondary N) is 5. The highest BCUT2D eigenvalue weighted by Gasteiger charge is 2.37. The van der Waals surface area contributed by atoms with Gasteiger partial charge in [0.2, 0.25) is 23.6 Å². The molecule has 0 unspecified atom stereocenters. The molecule has 3 aliphatic heterocycles. The molecule has 0 radical (unpaired) electrons. The minimum atomic E-state index is -0.967. The van der Waals surface area contributed by atoms with E-state index in [9.17, 15) is 19.2 Å². The van der Waals surface area contributed by atoms with Crippen molar-refractivity contribution in [1.29, 1.82) is 0 Å². The molecule has 0 spiro atoms. The Kier molecular flexibility index (Phi) is 12.8. The summed E-state index contributed by atoms with van der Waals surface area (Å²) < 4.78 is 12.3. The summed E-state index contributed by atoms with van der Waals surface area (Å²) in [5.74, 6) is -0.692. The number of rotatable bonds is 13. The van der Waals surface area contributed by atoms with Crippen molar-refractivity contribution in [3.63, 3.8) is 0 Å². The lowest BCUT2D eigenvalue weighted by atomic mass is 9.88. The van der Waals surface area contributed by atoms with Crippen LogP contribution in [0.4, 0.5) is 0 Å². The number of hydrogen-bond acceptors (Lipinski definition) is 9. The zero-order chi connectivity index (χ0) is 35.7. The molecule has 2 fully saturated rings. The molecule has 1 aromatic heterocycles. The maximum absolute atomic E-state index is 14.3. The van der Waals surface area contributed by atoms with Crippen molar-refractivity contribution < 1.29 is 28.7 Å². The Labute approximate surface area is 307 Å². The summed E-state index contributed by atoms with van der Waals surface area (Å²) in [4.78, 5) is 59.8. The summed E-state index contributed by atoms with van der Waals surface area (Å²) in [6, 6.07) is 10.1. The maximum Gasteiger partial charge on any atom is 0.243 e. The summed E-state index contributed by atoms with van der Waals surface area (Å²) >= 11 is 7.59. The fourth-order valence-corrected chi connectivity index (χ4v) is 8.41. The zero-order valence-corrected chi connectivity index (χ0v) is 30.5. The number of benzene rings is 2. The summed E-state index contributed by atoms with van der Waals surface area (Å²) in [6.07, 6.45) is 4.35. The second kappa shape index (κ2) is 17.6. The third-order valence-electron chi connectivity index (χ3n) is 10.00. The zero-order valence-electron chi connectivity index (χ0n) is 28.9. The maximum atomic E-state index is 14.3. The van der Waals surface area contributed by atoms with Crippen molar-refractivity contribution in [3.05, 3.63) is 58.1 Å². The first-order valence-electron chi connectivity index (χ1n) is 18.0. The van der Waals surface area contributed by atoms with Gasteiger partial charge in [0.15, 0.2) is 0 Å². The van der Waals surface area contributed by atoms with E-state index in [1.165, 1.54) is 11.3 Å². The molecule has 14 heteroatoms. The lowest BCUT2D eigenvalue weighted by Gasteiger charge is -2.34. The first kappa shape index (κ1) is 37.0. The van der Waals surface area contributed by atoms with Crippen LogP contribution in [-0.2, 0) is 30.3 Å². The van der Waals surface area contributed by atoms with Gasteiger partial charge in [-0.15, -0.1) is 11.3 Å². The second-order valence-corrected chi connectivity index (χ2v) is 15.1. The molecule has 0 aliphatic carbocycles. The number of hydrogen-bond donors (Lipinski definition) is 5. The Morgan fingerprint density at radius 1 is 0.922 bits per heavy atom. The van der Waals surface area contributed by atoms with E-state index >= 15 is 0 Å². The fourth-order valence-electron chi connectivity index (χ4n) is 7.12. The van der Waals surface area contributed by atoms with Gasteiger partial charge in [-0.1, -0.05) is 36.7 Å². The number of aromatic nitrogens is 1. The molecule has 6 rings (SSSR count). The summed E-state index contributed by atoms with van der Waals surface area (Å²) in [6.45, 7) is 4.81. The van der Waals surface area contributed by atoms with Crippen LogP contribution < -0.4 is 31.3 Å². The topological polar surface area (TPSA) is 160 Å². The highest BCUT2D eigenvalue weighted by Crippen LogP contribution is 2.32. The largest absolute Gasteiger partial charge is 0.493 e. The van der Waals surface area contributed by atoms with Crippen LogP contribution in [0.15, 0.2) is 42.5 Å². The molecule has 4 heterocycles. The summed E-state index contributed by atoms with van der Waals surface area (Å²) in [7, 11) is 0. The molecule has 12 nitrogen and oxygen atoms in total. The van der Waals surface area contributed by atoms with Crippen LogP contribution in [0.5, 0.6) is 5.75 Å². The van der Waals surface area contributed by atoms with Gasteiger partial charge < -0.3 is 36.1 Å². The van der Waals surface area contributed by atoms with E-state index in [4.69, 9.17) is 21.1 Å². The second-order valence-electron chi connectivity index (χ2n) is 13.6. The van der Waals surface area contributed by atoms with Gasteiger partial charge in [0.05, 0.1) is 27.9 Å². The number of carbonyl (C=O) groups excluding carboxylic acids is 4. The molecule has 3 aromatic rings. The molecule has 3 aliphatic rings. The van der Waals surface area contributed by atoms with Crippen LogP contribution in [0.25, 0.3) is 10.2 Å². The average Bonchev–Trinajstić information content (AvgIpc) is 3.55. The monoisotopic (exact) mass is 738 g/mol. The Morgan fingerprint density at radius 2 is 1.71 bits per heavy atom. The standard InChI is InChI=1S/C37H47ClN6O6S/c1-2-32(45)40-29(21-33-41-27-8-7-24(38)20-31(27)51-33)36(47)44-34(23-11-16-49-17-12-23)37(48)43-28(19-22-9-14-39-15-10-22)35(46)42-26-13-18-50-30-6-4-3-5-25(26)30/h3-8,20,22-23,26,28-29,34,39H,2,9-19,21H2,1H3,(H,40,45)(H,42,46)(H,43,48)(H,44,47)/t26-,28+,29+,34+/m1/s1. The van der Waals surface area contributed by atoms with E-state index in [0.717, 1.165) is 47.5 Å². The molecule has 4 atom stereocenters. The molecular weight excluding hydrogens is 692 g/mol. The van der Waals surface area contributed by atoms with E-state index in [-0.39, 0.29) is 42.5 Å². The van der Waals surface area contributed by atoms with Crippen molar-refractivity contribution in [2.75, 3.05) is 32.9 Å². The highest BCUT2D eigenvalue weighted by atomic mass is 35.5. The minimum absolute atomic E-state index is 0.143. The van der Waals surface area contributed by atoms with Gasteiger partial charge in [-0.2, -0.15) is 0 Å². The first-order chi connectivity index (χ1) is 24.8. The molecule has 2 aromatic carbocycles. The van der Waals surface area contributed by atoms with Crippen LogP contribution in [0.1, 0.15) is 68.5 Å². The van der Waals surface area contributed by atoms with Gasteiger partial charge >= 0.3 is 0 Å². The number of halogens is 1. The van der Waals surface area contributed by atoms with E-state index in [2.05, 4.69) is 31.6 Å². The SMILES string of the molecule is CCC(=O)N[C@@H](Cc1nc2ccc(Cl)cc2s1)C(=O)N[C@H](C(=O)N[C@@H](CC1CCNCC1)C(=O)N[C@@H]1CCOc2ccccc21)C1CCOCC1. The molecule has 2 saturated heterocycles. The molecule has 274 valence electrons. The summed E-state index contributed by atoms with van der Waals surface area (Å²) in [5.41, 5.74) is 1.66. The number of nitrogens with zero attached hydrogens (tertiary/aromatic N) is 1. The summed E-state index contributed by atoms with van der Waals surface area (Å²) in [5, 5.41) is 16.7. The van der Waals surface area contributed by atoms with Crippen LogP contribution in [0.3, 0.4) is 0 Å². The van der Waals surface area contributed by atoms with Crippen molar-refractivity contribution >= 4 is 56.8 Å². The van der Waals surface area contributed by atoms with Crippen LogP contribution in [0, 0.1) is 11.8 Å². The third-order valence-corrected chi connectivity index (χ3v) is 11.3. The molecule has 0 bridgehead atoms. The molecule has 5 N–H and O–H groups in total. The first-order valence-corrected chi connectivity index (χ1v) is 19.2. The predicted molar refractivity (Wildman–Crippen MR) is 196 cm³/mol. The lowest BCUT2D eigenvalue weighted by Crippen LogP contribution is -2.60. The van der Waals surface area contributed by atoms with Crippen LogP contribution >= 0.6 is 22.9 Å². The van der Waals surface area contributed by atoms with Crippen molar-refractivity contribution in [2.45, 2.75) is 82.5 Å². The van der Waals surface area contributed by atoms with Gasteiger partial charge in [0.25, 0.3) is 0 Å². The Morgan fingerprint density at radius 3 is 2.49 bits per heavy atom. The highest BCUT2D eigenvalue weighted by molar-refractivity contribution is 7.18. The number of thiazole rings is 1. The van der Waals surface area contributed by atoms with Crippen LogP contribution in [0.2, 0.25) is 5.02 Å². The number of para-hydroxylation sites is 1. The minimum Gasteiger partial charge on any atom is -0.493 e. The number of amides is 4. The van der Waals surface area contributed by atoms with Crippen LogP contribution in [-0.4, -0.2) is 79.6 Å². The van der Waals surface area contributed by atoms with E-state index in [1.807, 2.05) is 36.4 Å². The number of ether oxygens (including phenoxy) is 2. The Balaban J connectivity index is 1.21. The van der Waals surface area contributed by atoms with Gasteiger partial charge in [-0.25, -0.2) is 4.98 Å². The predicted octanol–water partition coefficient (Wildman–Crippen LogP) is 3.81. The third kappa shape index (κ3) is 9.76. The number of piperidine rings is 1. The fraction of sp³-hybridized carbons (Fsp3) is 0.541. The number of carbonyl (C=O) groups is 4. The van der Waals surface area contributed by atoms with Crippen molar-refractivity contribution in [2.24, 2.45) is 11.8 Å². The molecule has 4 amide bonds. The van der Waals surface area contributed by atoms with Crippen molar-refractivity contribution in [1.82, 2.24) is 31.6 Å². The van der Waals surface area contributed by atoms with E-state index in [0.29, 0.717) is 55.5 Å². The average molecular weight is 739 g/mol. The van der Waals surface area contributed by atoms with Gasteiger partial charge in [0.1, 0.15) is 23.9 Å². The quantitative estimate of drug-likeness (QED) is 0.177. The number of fused-ring (bicyclic) bond motifs is 2. The van der Waals surface area contributed by atoms with E-state index in [1.54, 1.807) is 13.0 Å². The molecule has 0 saturated carbocycles. The van der Waals surface area contributed by atoms with Gasteiger partial charge in [0, 0.05) is 43.1 Å². The lowest BCUT2D eigenvalue weighted by molar-refractivity contribution is -0.136. The molecular formula is C37H47ClN6O6S.